The fraction of sp³-hybridized carbons (Fsp3) is 0.909. The van der Waals surface area contributed by atoms with Crippen LogP contribution in [0.4, 0.5) is 13.2 Å². The van der Waals surface area contributed by atoms with Crippen LogP contribution in [0.25, 0.3) is 0 Å². The lowest BCUT2D eigenvalue weighted by Crippen LogP contribution is -2.64. The Morgan fingerprint density at radius 2 is 2.00 bits per heavy atom. The van der Waals surface area contributed by atoms with E-state index in [2.05, 4.69) is 0 Å². The van der Waals surface area contributed by atoms with Crippen LogP contribution in [0, 0.1) is 0 Å². The van der Waals surface area contributed by atoms with Gasteiger partial charge in [-0.05, 0) is 32.6 Å². The van der Waals surface area contributed by atoms with Gasteiger partial charge in [0.25, 0.3) is 5.91 Å². The molecule has 0 aromatic carbocycles. The van der Waals surface area contributed by atoms with Crippen LogP contribution in [0.2, 0.25) is 0 Å². The Balaban J connectivity index is 2.81. The minimum absolute atomic E-state index is 0.114. The van der Waals surface area contributed by atoms with E-state index in [4.69, 9.17) is 10.8 Å². The minimum atomic E-state index is -4.77. The van der Waals surface area contributed by atoms with Gasteiger partial charge in [-0.1, -0.05) is 0 Å². The Morgan fingerprint density at radius 3 is 2.33 bits per heavy atom. The summed E-state index contributed by atoms with van der Waals surface area (Å²) in [6.07, 6.45) is -2.21. The van der Waals surface area contributed by atoms with Gasteiger partial charge in [-0.2, -0.15) is 13.2 Å². The number of hydrogen-bond donors (Lipinski definition) is 2. The smallest absolute Gasteiger partial charge is 0.396 e. The molecule has 106 valence electrons. The van der Waals surface area contributed by atoms with Crippen molar-refractivity contribution in [2.45, 2.75) is 50.4 Å². The summed E-state index contributed by atoms with van der Waals surface area (Å²) in [4.78, 5) is 13.1. The first-order chi connectivity index (χ1) is 8.21. The number of aliphatic hydroxyl groups excluding tert-OH is 1. The molecular formula is C11H19F3N2O2. The van der Waals surface area contributed by atoms with E-state index < -0.39 is 17.6 Å². The average molecular weight is 268 g/mol. The van der Waals surface area contributed by atoms with Crippen molar-refractivity contribution in [2.24, 2.45) is 5.73 Å². The molecule has 0 spiro atoms. The van der Waals surface area contributed by atoms with Gasteiger partial charge in [0, 0.05) is 19.2 Å². The highest BCUT2D eigenvalue weighted by atomic mass is 19.4. The van der Waals surface area contributed by atoms with Gasteiger partial charge in [-0.15, -0.1) is 0 Å². The van der Waals surface area contributed by atoms with Gasteiger partial charge in [0.15, 0.2) is 5.54 Å². The number of rotatable bonds is 5. The monoisotopic (exact) mass is 268 g/mol. The molecule has 18 heavy (non-hydrogen) atoms. The summed E-state index contributed by atoms with van der Waals surface area (Å²) < 4.78 is 38.2. The molecule has 1 aliphatic carbocycles. The molecule has 1 aliphatic rings. The topological polar surface area (TPSA) is 66.6 Å². The summed E-state index contributed by atoms with van der Waals surface area (Å²) in [5.41, 5.74) is 2.28. The van der Waals surface area contributed by atoms with Gasteiger partial charge in [0.1, 0.15) is 0 Å². The molecule has 1 fully saturated rings. The Kier molecular flexibility index (Phi) is 4.61. The van der Waals surface area contributed by atoms with E-state index in [0.717, 1.165) is 6.42 Å². The van der Waals surface area contributed by atoms with Gasteiger partial charge in [0.2, 0.25) is 0 Å². The largest absolute Gasteiger partial charge is 0.415 e. The zero-order valence-corrected chi connectivity index (χ0v) is 10.3. The summed E-state index contributed by atoms with van der Waals surface area (Å²) in [6, 6.07) is -0.172. The molecule has 0 heterocycles. The van der Waals surface area contributed by atoms with Crippen molar-refractivity contribution in [2.75, 3.05) is 13.2 Å². The molecule has 0 aliphatic heterocycles. The van der Waals surface area contributed by atoms with Gasteiger partial charge < -0.3 is 15.7 Å². The van der Waals surface area contributed by atoms with Crippen molar-refractivity contribution in [3.05, 3.63) is 0 Å². The van der Waals surface area contributed by atoms with Crippen LogP contribution >= 0.6 is 0 Å². The van der Waals surface area contributed by atoms with E-state index in [-0.39, 0.29) is 25.6 Å². The van der Waals surface area contributed by atoms with Crippen LogP contribution in [0.5, 0.6) is 0 Å². The molecule has 7 heteroatoms. The summed E-state index contributed by atoms with van der Waals surface area (Å²) in [6.45, 7) is 0.645. The van der Waals surface area contributed by atoms with Crippen molar-refractivity contribution in [1.82, 2.24) is 4.90 Å². The molecule has 1 saturated carbocycles. The molecule has 3 N–H and O–H groups in total. The van der Waals surface area contributed by atoms with Crippen LogP contribution in [0.3, 0.4) is 0 Å². The average Bonchev–Trinajstić information content (AvgIpc) is 2.18. The lowest BCUT2D eigenvalue weighted by molar-refractivity contribution is -0.196. The molecule has 0 saturated heterocycles. The van der Waals surface area contributed by atoms with Crippen LogP contribution in [0.1, 0.15) is 32.6 Å². The van der Waals surface area contributed by atoms with Gasteiger partial charge in [-0.25, -0.2) is 0 Å². The fourth-order valence-electron chi connectivity index (χ4n) is 1.81. The third-order valence-corrected chi connectivity index (χ3v) is 3.37. The first-order valence-corrected chi connectivity index (χ1v) is 5.99. The summed E-state index contributed by atoms with van der Waals surface area (Å²) in [5, 5.41) is 8.74. The maximum Gasteiger partial charge on any atom is 0.415 e. The summed E-state index contributed by atoms with van der Waals surface area (Å²) in [7, 11) is 0. The number of alkyl halides is 3. The number of nitrogens with two attached hydrogens (primary N) is 1. The Morgan fingerprint density at radius 1 is 1.44 bits per heavy atom. The Labute approximate surface area is 104 Å². The first kappa shape index (κ1) is 15.2. The normalized spacial score (nSPS) is 20.1. The summed E-state index contributed by atoms with van der Waals surface area (Å²) >= 11 is 0. The van der Waals surface area contributed by atoms with Crippen molar-refractivity contribution in [1.29, 1.82) is 0 Å². The lowest BCUT2D eigenvalue weighted by Gasteiger charge is -2.41. The Bertz CT molecular complexity index is 301. The molecule has 1 atom stereocenters. The number of aliphatic hydroxyl groups is 1. The molecular weight excluding hydrogens is 249 g/mol. The third kappa shape index (κ3) is 2.95. The quantitative estimate of drug-likeness (QED) is 0.782. The van der Waals surface area contributed by atoms with Gasteiger partial charge >= 0.3 is 6.18 Å². The molecule has 1 amide bonds. The van der Waals surface area contributed by atoms with Crippen molar-refractivity contribution >= 4 is 5.91 Å². The SMILES string of the molecule is CC(N)(C(=O)N(CCCO)C1CCC1)C(F)(F)F. The number of halogens is 3. The van der Waals surface area contributed by atoms with Gasteiger partial charge in [-0.3, -0.25) is 4.79 Å². The summed E-state index contributed by atoms with van der Waals surface area (Å²) in [5.74, 6) is -1.10. The number of amides is 1. The molecule has 0 aromatic heterocycles. The first-order valence-electron chi connectivity index (χ1n) is 5.99. The van der Waals surface area contributed by atoms with Crippen LogP contribution in [-0.2, 0) is 4.79 Å². The molecule has 1 rings (SSSR count). The maximum absolute atomic E-state index is 12.7. The van der Waals surface area contributed by atoms with E-state index in [1.165, 1.54) is 4.90 Å². The molecule has 0 radical (unpaired) electrons. The standard InChI is InChI=1S/C11H19F3N2O2/c1-10(15,11(12,13)14)9(18)16(6-3-7-17)8-4-2-5-8/h8,17H,2-7,15H2,1H3. The molecule has 1 unspecified atom stereocenters. The van der Waals surface area contributed by atoms with E-state index >= 15 is 0 Å². The predicted octanol–water partition coefficient (Wildman–Crippen LogP) is 1.03. The van der Waals surface area contributed by atoms with Crippen molar-refractivity contribution < 1.29 is 23.1 Å². The van der Waals surface area contributed by atoms with E-state index in [9.17, 15) is 18.0 Å². The zero-order valence-electron chi connectivity index (χ0n) is 10.3. The highest BCUT2D eigenvalue weighted by Gasteiger charge is 2.56. The fourth-order valence-corrected chi connectivity index (χ4v) is 1.81. The molecule has 4 nitrogen and oxygen atoms in total. The lowest BCUT2D eigenvalue weighted by atomic mass is 9.89. The number of carbonyl (C=O) groups excluding carboxylic acids is 1. The maximum atomic E-state index is 12.7. The van der Waals surface area contributed by atoms with E-state index in [0.29, 0.717) is 19.8 Å². The second kappa shape index (κ2) is 5.44. The number of nitrogens with zero attached hydrogens (tertiary/aromatic N) is 1. The second-order valence-electron chi connectivity index (χ2n) is 4.86. The van der Waals surface area contributed by atoms with Gasteiger partial charge in [0.05, 0.1) is 0 Å². The van der Waals surface area contributed by atoms with E-state index in [1.807, 2.05) is 0 Å². The zero-order chi connectivity index (χ0) is 14.0. The second-order valence-corrected chi connectivity index (χ2v) is 4.86. The third-order valence-electron chi connectivity index (χ3n) is 3.37. The number of hydrogen-bond acceptors (Lipinski definition) is 3. The molecule has 0 aromatic rings. The van der Waals surface area contributed by atoms with Crippen LogP contribution < -0.4 is 5.73 Å². The van der Waals surface area contributed by atoms with E-state index in [1.54, 1.807) is 0 Å². The van der Waals surface area contributed by atoms with Crippen molar-refractivity contribution in [3.63, 3.8) is 0 Å². The predicted molar refractivity (Wildman–Crippen MR) is 59.7 cm³/mol. The minimum Gasteiger partial charge on any atom is -0.396 e. The Hall–Kier alpha value is -0.820. The van der Waals surface area contributed by atoms with Crippen LogP contribution in [-0.4, -0.2) is 46.8 Å². The number of carbonyl (C=O) groups is 1. The van der Waals surface area contributed by atoms with Crippen molar-refractivity contribution in [3.8, 4) is 0 Å². The van der Waals surface area contributed by atoms with Crippen LogP contribution in [0.15, 0.2) is 0 Å². The highest BCUT2D eigenvalue weighted by molar-refractivity contribution is 5.87. The highest BCUT2D eigenvalue weighted by Crippen LogP contribution is 2.33. The molecule has 0 bridgehead atoms.